The van der Waals surface area contributed by atoms with Crippen molar-refractivity contribution >= 4 is 35.9 Å². The minimum absolute atomic E-state index is 0. The van der Waals surface area contributed by atoms with Crippen LogP contribution in [-0.4, -0.2) is 44.5 Å². The summed E-state index contributed by atoms with van der Waals surface area (Å²) in [7, 11) is 0. The topological polar surface area (TPSA) is 124 Å². The lowest BCUT2D eigenvalue weighted by Crippen LogP contribution is -2.37. The minimum Gasteiger partial charge on any atom is -0.492 e. The molecule has 2 aromatic rings. The van der Waals surface area contributed by atoms with Crippen LogP contribution in [0.4, 0.5) is 5.82 Å². The maximum Gasteiger partial charge on any atom is 0.270 e. The Labute approximate surface area is 193 Å². The van der Waals surface area contributed by atoms with Gasteiger partial charge in [-0.25, -0.2) is 0 Å². The molecule has 1 saturated heterocycles. The first-order valence-corrected chi connectivity index (χ1v) is 10.9. The van der Waals surface area contributed by atoms with Crippen LogP contribution in [0.15, 0.2) is 10.9 Å². The number of carbonyl (C=O) groups is 1. The Bertz CT molecular complexity index is 1090. The largest absolute Gasteiger partial charge is 0.492 e. The number of allylic oxidation sites excluding steroid dienone is 1. The second-order valence-corrected chi connectivity index (χ2v) is 9.74. The summed E-state index contributed by atoms with van der Waals surface area (Å²) in [4.78, 5) is 26.2. The van der Waals surface area contributed by atoms with E-state index in [1.807, 2.05) is 26.8 Å². The SMILES string of the molecule is CC(C)(C)Cn1c(=O)c(C(=O)NC2CC2)c(O)n2nc(N)c(C=CC3CCOCC3)c12.Cl. The highest BCUT2D eigenvalue weighted by atomic mass is 35.5. The minimum atomic E-state index is -0.581. The molecule has 3 heterocycles. The lowest BCUT2D eigenvalue weighted by molar-refractivity contribution is 0.0787. The van der Waals surface area contributed by atoms with Crippen LogP contribution in [0.2, 0.25) is 0 Å². The number of hydrogen-bond donors (Lipinski definition) is 3. The molecule has 0 radical (unpaired) electrons. The number of nitrogen functional groups attached to an aromatic ring is 1. The van der Waals surface area contributed by atoms with Gasteiger partial charge in [0.2, 0.25) is 5.88 Å². The van der Waals surface area contributed by atoms with Crippen LogP contribution < -0.4 is 16.6 Å². The third-order valence-corrected chi connectivity index (χ3v) is 5.64. The third-order valence-electron chi connectivity index (χ3n) is 5.64. The fraction of sp³-hybridized carbons (Fsp3) is 0.591. The van der Waals surface area contributed by atoms with Gasteiger partial charge in [0, 0.05) is 25.8 Å². The third kappa shape index (κ3) is 4.94. The molecule has 0 bridgehead atoms. The molecule has 1 aliphatic heterocycles. The van der Waals surface area contributed by atoms with E-state index in [1.54, 1.807) is 0 Å². The Balaban J connectivity index is 0.00000289. The van der Waals surface area contributed by atoms with Gasteiger partial charge in [0.05, 0.1) is 5.56 Å². The summed E-state index contributed by atoms with van der Waals surface area (Å²) in [6.07, 6.45) is 7.52. The average molecular weight is 466 g/mol. The van der Waals surface area contributed by atoms with E-state index in [4.69, 9.17) is 10.5 Å². The van der Waals surface area contributed by atoms with Crippen LogP contribution in [-0.2, 0) is 11.3 Å². The van der Waals surface area contributed by atoms with Gasteiger partial charge in [0.15, 0.2) is 17.0 Å². The second-order valence-electron chi connectivity index (χ2n) is 9.74. The maximum absolute atomic E-state index is 13.4. The molecule has 2 aliphatic rings. The zero-order valence-corrected chi connectivity index (χ0v) is 19.6. The lowest BCUT2D eigenvalue weighted by Gasteiger charge is -2.22. The summed E-state index contributed by atoms with van der Waals surface area (Å²) in [6.45, 7) is 7.78. The van der Waals surface area contributed by atoms with Crippen molar-refractivity contribution in [1.29, 1.82) is 0 Å². The van der Waals surface area contributed by atoms with Crippen LogP contribution in [0.1, 0.15) is 62.4 Å². The molecule has 0 atom stereocenters. The summed E-state index contributed by atoms with van der Waals surface area (Å²) in [5.74, 6) is -0.521. The summed E-state index contributed by atoms with van der Waals surface area (Å²) >= 11 is 0. The van der Waals surface area contributed by atoms with Crippen LogP contribution in [0.5, 0.6) is 5.88 Å². The molecule has 176 valence electrons. The van der Waals surface area contributed by atoms with Crippen molar-refractivity contribution in [2.75, 3.05) is 18.9 Å². The van der Waals surface area contributed by atoms with Gasteiger partial charge >= 0.3 is 0 Å². The van der Waals surface area contributed by atoms with E-state index in [-0.39, 0.29) is 35.2 Å². The predicted molar refractivity (Wildman–Crippen MR) is 125 cm³/mol. The molecule has 4 N–H and O–H groups in total. The molecule has 0 unspecified atom stereocenters. The summed E-state index contributed by atoms with van der Waals surface area (Å²) in [5, 5.41) is 17.9. The molecular weight excluding hydrogens is 434 g/mol. The van der Waals surface area contributed by atoms with Crippen LogP contribution in [0.25, 0.3) is 11.7 Å². The Morgan fingerprint density at radius 2 is 1.94 bits per heavy atom. The quantitative estimate of drug-likeness (QED) is 0.623. The molecule has 2 aromatic heterocycles. The second kappa shape index (κ2) is 9.15. The van der Waals surface area contributed by atoms with E-state index in [0.717, 1.165) is 25.7 Å². The van der Waals surface area contributed by atoms with E-state index in [0.29, 0.717) is 36.9 Å². The number of rotatable bonds is 5. The fourth-order valence-electron chi connectivity index (χ4n) is 3.88. The van der Waals surface area contributed by atoms with E-state index in [9.17, 15) is 14.7 Å². The number of nitrogens with two attached hydrogens (primary N) is 1. The summed E-state index contributed by atoms with van der Waals surface area (Å²) in [6, 6.07) is 0.0544. The van der Waals surface area contributed by atoms with E-state index in [2.05, 4.69) is 16.5 Å². The predicted octanol–water partition coefficient (Wildman–Crippen LogP) is 2.58. The van der Waals surface area contributed by atoms with Gasteiger partial charge in [-0.3, -0.25) is 14.2 Å². The van der Waals surface area contributed by atoms with E-state index < -0.39 is 17.3 Å². The van der Waals surface area contributed by atoms with Gasteiger partial charge in [0.1, 0.15) is 0 Å². The molecule has 1 aliphatic carbocycles. The molecule has 9 nitrogen and oxygen atoms in total. The number of amides is 1. The standard InChI is InChI=1S/C22H31N5O4.ClH/c1-22(2,3)12-26-19-15(7-4-13-8-10-31-11-9-13)17(23)25-27(19)21(30)16(20(26)29)18(28)24-14-5-6-14;/h4,7,13-14,30H,5-6,8-12H2,1-3H3,(H2,23,25)(H,24,28);1H. The Kier molecular flexibility index (Phi) is 6.90. The van der Waals surface area contributed by atoms with Gasteiger partial charge < -0.3 is 20.9 Å². The van der Waals surface area contributed by atoms with Crippen LogP contribution >= 0.6 is 12.4 Å². The number of aromatic nitrogens is 3. The molecule has 1 amide bonds. The molecule has 0 aromatic carbocycles. The van der Waals surface area contributed by atoms with Crippen molar-refractivity contribution in [3.05, 3.63) is 27.6 Å². The van der Waals surface area contributed by atoms with E-state index in [1.165, 1.54) is 9.08 Å². The molecule has 32 heavy (non-hydrogen) atoms. The molecule has 1 saturated carbocycles. The van der Waals surface area contributed by atoms with Gasteiger partial charge in [-0.2, -0.15) is 4.52 Å². The zero-order chi connectivity index (χ0) is 22.3. The van der Waals surface area contributed by atoms with Crippen molar-refractivity contribution in [2.24, 2.45) is 11.3 Å². The molecule has 4 rings (SSSR count). The van der Waals surface area contributed by atoms with Gasteiger partial charge in [0.25, 0.3) is 11.5 Å². The van der Waals surface area contributed by atoms with Crippen molar-refractivity contribution in [1.82, 2.24) is 19.5 Å². The molecular formula is C22H32ClN5O4. The number of ether oxygens (including phenoxy) is 1. The first kappa shape index (κ1) is 24.1. The smallest absolute Gasteiger partial charge is 0.270 e. The highest BCUT2D eigenvalue weighted by molar-refractivity contribution is 5.97. The summed E-state index contributed by atoms with van der Waals surface area (Å²) in [5.41, 5.74) is 6.06. The van der Waals surface area contributed by atoms with E-state index >= 15 is 0 Å². The zero-order valence-electron chi connectivity index (χ0n) is 18.8. The van der Waals surface area contributed by atoms with Crippen molar-refractivity contribution < 1.29 is 14.6 Å². The number of halogens is 1. The van der Waals surface area contributed by atoms with Crippen molar-refractivity contribution in [3.63, 3.8) is 0 Å². The Hall–Kier alpha value is -2.52. The van der Waals surface area contributed by atoms with Crippen molar-refractivity contribution in [3.8, 4) is 5.88 Å². The van der Waals surface area contributed by atoms with Gasteiger partial charge in [-0.05, 0) is 37.0 Å². The van der Waals surface area contributed by atoms with Crippen LogP contribution in [0.3, 0.4) is 0 Å². The average Bonchev–Trinajstić information content (AvgIpc) is 3.44. The molecule has 10 heteroatoms. The number of carbonyl (C=O) groups excluding carboxylic acids is 1. The highest BCUT2D eigenvalue weighted by Crippen LogP contribution is 2.29. The number of anilines is 1. The first-order chi connectivity index (χ1) is 14.7. The number of nitrogens with zero attached hydrogens (tertiary/aromatic N) is 3. The lowest BCUT2D eigenvalue weighted by atomic mass is 9.96. The Morgan fingerprint density at radius 1 is 1.28 bits per heavy atom. The number of hydrogen-bond acceptors (Lipinski definition) is 6. The monoisotopic (exact) mass is 465 g/mol. The van der Waals surface area contributed by atoms with Gasteiger partial charge in [-0.15, -0.1) is 17.5 Å². The molecule has 0 spiro atoms. The fourth-order valence-corrected chi connectivity index (χ4v) is 3.88. The number of aromatic hydroxyl groups is 1. The first-order valence-electron chi connectivity index (χ1n) is 10.9. The highest BCUT2D eigenvalue weighted by Gasteiger charge is 2.31. The maximum atomic E-state index is 13.4. The van der Waals surface area contributed by atoms with Crippen molar-refractivity contribution in [2.45, 2.75) is 59.0 Å². The number of fused-ring (bicyclic) bond motifs is 1. The Morgan fingerprint density at radius 3 is 2.53 bits per heavy atom. The summed E-state index contributed by atoms with van der Waals surface area (Å²) < 4.78 is 8.14. The van der Waals surface area contributed by atoms with Crippen LogP contribution in [0, 0.1) is 11.3 Å². The molecule has 2 fully saturated rings. The number of nitrogens with one attached hydrogen (secondary N) is 1. The normalized spacial score (nSPS) is 17.6. The van der Waals surface area contributed by atoms with Gasteiger partial charge in [-0.1, -0.05) is 32.9 Å².